The van der Waals surface area contributed by atoms with Gasteiger partial charge in [0.2, 0.25) is 0 Å². The number of ketones is 1. The summed E-state index contributed by atoms with van der Waals surface area (Å²) in [5.41, 5.74) is 0.691. The average Bonchev–Trinajstić information content (AvgIpc) is 3.41. The number of pyridine rings is 1. The van der Waals surface area contributed by atoms with Crippen LogP contribution in [0.5, 0.6) is 0 Å². The van der Waals surface area contributed by atoms with Crippen molar-refractivity contribution in [1.82, 2.24) is 19.5 Å². The Balaban J connectivity index is 1.32. The zero-order valence-corrected chi connectivity index (χ0v) is 23.6. The average molecular weight is 586 g/mol. The van der Waals surface area contributed by atoms with E-state index in [0.29, 0.717) is 47.1 Å². The van der Waals surface area contributed by atoms with Crippen LogP contribution in [-0.4, -0.2) is 59.0 Å². The van der Waals surface area contributed by atoms with Crippen molar-refractivity contribution in [3.63, 3.8) is 0 Å². The third-order valence-electron chi connectivity index (χ3n) is 8.07. The fraction of sp³-hybridized carbons (Fsp3) is 0.267. The molecule has 0 spiro atoms. The van der Waals surface area contributed by atoms with E-state index in [1.54, 1.807) is 65.1 Å². The van der Waals surface area contributed by atoms with Crippen molar-refractivity contribution in [2.75, 3.05) is 13.1 Å². The van der Waals surface area contributed by atoms with Crippen LogP contribution in [0.1, 0.15) is 27.9 Å². The van der Waals surface area contributed by atoms with Crippen molar-refractivity contribution in [2.24, 2.45) is 11.8 Å². The quantitative estimate of drug-likeness (QED) is 0.232. The van der Waals surface area contributed by atoms with Crippen LogP contribution >= 0.6 is 11.3 Å². The molecule has 1 aliphatic carbocycles. The molecule has 3 fully saturated rings. The van der Waals surface area contributed by atoms with Crippen molar-refractivity contribution in [2.45, 2.75) is 28.6 Å². The van der Waals surface area contributed by atoms with E-state index in [1.165, 1.54) is 21.7 Å². The van der Waals surface area contributed by atoms with Gasteiger partial charge in [-0.1, -0.05) is 12.1 Å². The predicted octanol–water partition coefficient (Wildman–Crippen LogP) is 3.35. The predicted molar refractivity (Wildman–Crippen MR) is 153 cm³/mol. The topological polar surface area (TPSA) is 123 Å². The molecule has 1 unspecified atom stereocenters. The molecule has 208 valence electrons. The Morgan fingerprint density at radius 2 is 1.88 bits per heavy atom. The molecular weight excluding hydrogens is 558 g/mol. The molecule has 0 radical (unpaired) electrons. The molecule has 1 aromatic carbocycles. The van der Waals surface area contributed by atoms with Gasteiger partial charge in [0.25, 0.3) is 15.9 Å². The number of carbonyl (C=O) groups is 2. The van der Waals surface area contributed by atoms with Gasteiger partial charge in [-0.05, 0) is 59.8 Å². The molecule has 0 bridgehead atoms. The van der Waals surface area contributed by atoms with E-state index < -0.39 is 15.6 Å². The van der Waals surface area contributed by atoms with E-state index in [1.807, 2.05) is 18.2 Å². The second-order valence-corrected chi connectivity index (χ2v) is 13.7. The molecule has 2 aliphatic heterocycles. The summed E-state index contributed by atoms with van der Waals surface area (Å²) in [5, 5.41) is 14.2. The number of nitriles is 1. The third kappa shape index (κ3) is 4.78. The number of nitrogens with one attached hydrogen (secondary N) is 1. The molecule has 4 heterocycles. The molecular formula is C30H27N5O4S2. The first-order chi connectivity index (χ1) is 19.8. The normalized spacial score (nSPS) is 26.4. The molecule has 2 aromatic heterocycles. The number of hydrogen-bond donors (Lipinski definition) is 1. The van der Waals surface area contributed by atoms with Crippen LogP contribution in [0.25, 0.3) is 0 Å². The molecule has 1 N–H and O–H groups in total. The number of fused-ring (bicyclic) bond motifs is 1. The highest BCUT2D eigenvalue weighted by Gasteiger charge is 2.65. The van der Waals surface area contributed by atoms with Crippen LogP contribution in [0.15, 0.2) is 95.1 Å². The summed E-state index contributed by atoms with van der Waals surface area (Å²) < 4.78 is 28.0. The largest absolute Gasteiger partial charge is 0.357 e. The number of carbonyl (C=O) groups excluding carboxylic acids is 2. The van der Waals surface area contributed by atoms with E-state index in [0.717, 1.165) is 5.56 Å². The summed E-state index contributed by atoms with van der Waals surface area (Å²) in [6.07, 6.45) is 7.16. The highest BCUT2D eigenvalue weighted by Crippen LogP contribution is 2.53. The Morgan fingerprint density at radius 1 is 1.17 bits per heavy atom. The van der Waals surface area contributed by atoms with E-state index >= 15 is 0 Å². The minimum absolute atomic E-state index is 0.0376. The van der Waals surface area contributed by atoms with Crippen LogP contribution in [-0.2, 0) is 21.2 Å². The van der Waals surface area contributed by atoms with Gasteiger partial charge in [-0.25, -0.2) is 8.42 Å². The van der Waals surface area contributed by atoms with Gasteiger partial charge in [0.1, 0.15) is 15.6 Å². The van der Waals surface area contributed by atoms with Gasteiger partial charge in [0.15, 0.2) is 5.78 Å². The number of nitrogens with zero attached hydrogens (tertiary/aromatic N) is 4. The summed E-state index contributed by atoms with van der Waals surface area (Å²) in [7, 11) is -3.58. The number of allylic oxidation sites excluding steroid dienone is 1. The van der Waals surface area contributed by atoms with Crippen LogP contribution in [0, 0.1) is 23.2 Å². The third-order valence-corrected chi connectivity index (χ3v) is 11.3. The molecule has 1 amide bonds. The summed E-state index contributed by atoms with van der Waals surface area (Å²) in [4.78, 5) is 33.4. The monoisotopic (exact) mass is 585 g/mol. The Hall–Kier alpha value is -4.11. The minimum atomic E-state index is -3.58. The molecule has 2 saturated heterocycles. The van der Waals surface area contributed by atoms with Gasteiger partial charge in [-0.15, -0.1) is 17.9 Å². The van der Waals surface area contributed by atoms with Gasteiger partial charge in [0.05, 0.1) is 11.6 Å². The Bertz CT molecular complexity index is 1670. The molecule has 1 saturated carbocycles. The number of sulfonamides is 1. The molecule has 3 aromatic rings. The van der Waals surface area contributed by atoms with Crippen LogP contribution in [0.2, 0.25) is 0 Å². The molecule has 6 rings (SSSR count). The summed E-state index contributed by atoms with van der Waals surface area (Å²) in [5.74, 6) is -0.151. The number of amides is 1. The van der Waals surface area contributed by atoms with E-state index in [2.05, 4.69) is 16.9 Å². The van der Waals surface area contributed by atoms with Gasteiger partial charge in [-0.2, -0.15) is 9.57 Å². The van der Waals surface area contributed by atoms with Crippen LogP contribution in [0.4, 0.5) is 0 Å². The molecule has 4 atom stereocenters. The van der Waals surface area contributed by atoms with Crippen molar-refractivity contribution in [3.8, 4) is 6.07 Å². The van der Waals surface area contributed by atoms with E-state index in [4.69, 9.17) is 5.26 Å². The number of piperidine rings is 1. The molecule has 41 heavy (non-hydrogen) atoms. The van der Waals surface area contributed by atoms with Gasteiger partial charge in [0, 0.05) is 61.4 Å². The standard InChI is InChI=1S/C30H27N5O4S2/c1-2-11-30(16-20-9-12-32-13-10-20)29(37)35(26(33-30)15-25(36)22-7-5-21(17-31)6-8-22)28-23-18-34(19-24(23)28)41(38,39)27-4-3-14-40-27/h2-10,12-15,23-24,28,33H,1,11,16,18-19H2/b26-15+/t23-,24+,28+,30?. The lowest BCUT2D eigenvalue weighted by Crippen LogP contribution is -2.49. The highest BCUT2D eigenvalue weighted by atomic mass is 32.2. The summed E-state index contributed by atoms with van der Waals surface area (Å²) in [6.45, 7) is 4.52. The lowest BCUT2D eigenvalue weighted by Gasteiger charge is -2.27. The smallest absolute Gasteiger partial charge is 0.254 e. The fourth-order valence-electron chi connectivity index (χ4n) is 6.02. The van der Waals surface area contributed by atoms with Gasteiger partial charge >= 0.3 is 0 Å². The fourth-order valence-corrected chi connectivity index (χ4v) is 8.68. The second-order valence-electron chi connectivity index (χ2n) is 10.6. The zero-order valence-electron chi connectivity index (χ0n) is 22.0. The van der Waals surface area contributed by atoms with Crippen LogP contribution < -0.4 is 5.32 Å². The number of hydrogen-bond acceptors (Lipinski definition) is 8. The first-order valence-electron chi connectivity index (χ1n) is 13.2. The van der Waals surface area contributed by atoms with Gasteiger partial charge in [-0.3, -0.25) is 19.5 Å². The number of rotatable bonds is 9. The van der Waals surface area contributed by atoms with Crippen molar-refractivity contribution < 1.29 is 18.0 Å². The second kappa shape index (κ2) is 10.4. The summed E-state index contributed by atoms with van der Waals surface area (Å²) in [6, 6.07) is 15.2. The number of thiophene rings is 1. The van der Waals surface area contributed by atoms with E-state index in [9.17, 15) is 18.0 Å². The highest BCUT2D eigenvalue weighted by molar-refractivity contribution is 7.91. The van der Waals surface area contributed by atoms with Crippen LogP contribution in [0.3, 0.4) is 0 Å². The lowest BCUT2D eigenvalue weighted by molar-refractivity contribution is -0.132. The lowest BCUT2D eigenvalue weighted by atomic mass is 9.87. The Kier molecular flexibility index (Phi) is 6.85. The first-order valence-corrected chi connectivity index (χ1v) is 15.5. The number of benzene rings is 1. The Labute approximate surface area is 242 Å². The SMILES string of the molecule is C=CCC1(Cc2ccncc2)N/C(=C\C(=O)c2ccc(C#N)cc2)N([C@H]2[C@@H]3CN(S(=O)(=O)c4cccs4)C[C@@H]32)C1=O. The molecule has 9 nitrogen and oxygen atoms in total. The van der Waals surface area contributed by atoms with E-state index in [-0.39, 0.29) is 29.6 Å². The number of aromatic nitrogens is 1. The Morgan fingerprint density at radius 3 is 2.49 bits per heavy atom. The summed E-state index contributed by atoms with van der Waals surface area (Å²) >= 11 is 1.19. The maximum atomic E-state index is 14.3. The van der Waals surface area contributed by atoms with Crippen molar-refractivity contribution in [3.05, 3.63) is 108 Å². The molecule has 11 heteroatoms. The maximum absolute atomic E-state index is 14.3. The first kappa shape index (κ1) is 27.1. The van der Waals surface area contributed by atoms with Gasteiger partial charge < -0.3 is 5.32 Å². The van der Waals surface area contributed by atoms with Crippen molar-refractivity contribution >= 4 is 33.1 Å². The minimum Gasteiger partial charge on any atom is -0.357 e. The van der Waals surface area contributed by atoms with Crippen molar-refractivity contribution in [1.29, 1.82) is 5.26 Å². The molecule has 3 aliphatic rings. The zero-order chi connectivity index (χ0) is 28.8. The maximum Gasteiger partial charge on any atom is 0.254 e.